The van der Waals surface area contributed by atoms with Crippen LogP contribution in [-0.4, -0.2) is 35.0 Å². The average molecular weight is 425 g/mol. The third-order valence-corrected chi connectivity index (χ3v) is 5.08. The van der Waals surface area contributed by atoms with Crippen molar-refractivity contribution in [2.45, 2.75) is 59.9 Å². The van der Waals surface area contributed by atoms with Gasteiger partial charge < -0.3 is 10.2 Å². The second-order valence-electron chi connectivity index (χ2n) is 7.57. The van der Waals surface area contributed by atoms with Crippen LogP contribution in [0.15, 0.2) is 12.1 Å². The number of hydrogen-bond acceptors (Lipinski definition) is 4. The SMILES string of the molecule is CCc1nc(N(CCC(=O)N[C@H](C)CC)CC(C)C)c2cc(Cl)cc(Cl)c2n1. The molecule has 0 radical (unpaired) electrons. The Balaban J connectivity index is 2.42. The summed E-state index contributed by atoms with van der Waals surface area (Å²) in [6, 6.07) is 3.73. The van der Waals surface area contributed by atoms with Crippen LogP contribution in [0.3, 0.4) is 0 Å². The molecule has 1 amide bonds. The number of aryl methyl sites for hydroxylation is 1. The van der Waals surface area contributed by atoms with Gasteiger partial charge in [0, 0.05) is 42.4 Å². The lowest BCUT2D eigenvalue weighted by molar-refractivity contribution is -0.121. The zero-order valence-corrected chi connectivity index (χ0v) is 18.9. The topological polar surface area (TPSA) is 58.1 Å². The highest BCUT2D eigenvalue weighted by molar-refractivity contribution is 6.38. The predicted molar refractivity (Wildman–Crippen MR) is 118 cm³/mol. The molecule has 1 heterocycles. The Hall–Kier alpha value is -1.59. The summed E-state index contributed by atoms with van der Waals surface area (Å²) < 4.78 is 0. The van der Waals surface area contributed by atoms with Gasteiger partial charge in [0.1, 0.15) is 11.6 Å². The number of hydrogen-bond donors (Lipinski definition) is 1. The number of nitrogens with one attached hydrogen (secondary N) is 1. The molecule has 0 fully saturated rings. The van der Waals surface area contributed by atoms with Crippen LogP contribution in [0.25, 0.3) is 10.9 Å². The van der Waals surface area contributed by atoms with Crippen LogP contribution in [0.5, 0.6) is 0 Å². The molecule has 0 saturated heterocycles. The van der Waals surface area contributed by atoms with Crippen molar-refractivity contribution in [2.75, 3.05) is 18.0 Å². The first-order valence-electron chi connectivity index (χ1n) is 9.95. The standard InChI is InChI=1S/C21H30Cl2N4O/c1-6-14(5)24-19(28)8-9-27(12-13(3)4)21-16-10-15(22)11-17(23)20(16)25-18(7-2)26-21/h10-11,13-14H,6-9,12H2,1-5H3,(H,24,28)/t14-/m1/s1. The Morgan fingerprint density at radius 1 is 1.18 bits per heavy atom. The Labute approximate surface area is 177 Å². The van der Waals surface area contributed by atoms with E-state index in [2.05, 4.69) is 36.0 Å². The Morgan fingerprint density at radius 2 is 1.89 bits per heavy atom. The fraction of sp³-hybridized carbons (Fsp3) is 0.571. The summed E-state index contributed by atoms with van der Waals surface area (Å²) in [7, 11) is 0. The highest BCUT2D eigenvalue weighted by Gasteiger charge is 2.19. The number of carbonyl (C=O) groups is 1. The van der Waals surface area contributed by atoms with Gasteiger partial charge in [0.15, 0.2) is 0 Å². The van der Waals surface area contributed by atoms with E-state index in [0.29, 0.717) is 40.9 Å². The van der Waals surface area contributed by atoms with Crippen molar-refractivity contribution in [3.63, 3.8) is 0 Å². The molecule has 1 aromatic heterocycles. The molecule has 5 nitrogen and oxygen atoms in total. The minimum atomic E-state index is 0.0493. The summed E-state index contributed by atoms with van der Waals surface area (Å²) in [6.45, 7) is 11.7. The van der Waals surface area contributed by atoms with Crippen molar-refractivity contribution in [1.29, 1.82) is 0 Å². The third kappa shape index (κ3) is 5.95. The Bertz CT molecular complexity index is 826. The van der Waals surface area contributed by atoms with Crippen molar-refractivity contribution >= 4 is 45.8 Å². The largest absolute Gasteiger partial charge is 0.355 e. The minimum absolute atomic E-state index is 0.0493. The van der Waals surface area contributed by atoms with E-state index in [9.17, 15) is 4.79 Å². The van der Waals surface area contributed by atoms with Crippen LogP contribution in [0, 0.1) is 5.92 Å². The van der Waals surface area contributed by atoms with E-state index in [0.717, 1.165) is 30.0 Å². The van der Waals surface area contributed by atoms with Gasteiger partial charge in [-0.2, -0.15) is 0 Å². The normalized spacial score (nSPS) is 12.4. The maximum Gasteiger partial charge on any atom is 0.221 e. The zero-order chi connectivity index (χ0) is 20.8. The van der Waals surface area contributed by atoms with Crippen molar-refractivity contribution in [2.24, 2.45) is 5.92 Å². The third-order valence-electron chi connectivity index (χ3n) is 4.57. The Kier molecular flexibility index (Phi) is 8.32. The maximum atomic E-state index is 12.3. The summed E-state index contributed by atoms with van der Waals surface area (Å²) in [6.07, 6.45) is 2.01. The van der Waals surface area contributed by atoms with Crippen molar-refractivity contribution in [3.05, 3.63) is 28.0 Å². The lowest BCUT2D eigenvalue weighted by Crippen LogP contribution is -2.37. The first kappa shape index (κ1) is 22.7. The van der Waals surface area contributed by atoms with Crippen molar-refractivity contribution in [3.8, 4) is 0 Å². The van der Waals surface area contributed by atoms with Gasteiger partial charge in [-0.3, -0.25) is 4.79 Å². The second-order valence-corrected chi connectivity index (χ2v) is 8.41. The van der Waals surface area contributed by atoms with Crippen LogP contribution in [0.2, 0.25) is 10.0 Å². The fourth-order valence-corrected chi connectivity index (χ4v) is 3.53. The van der Waals surface area contributed by atoms with Gasteiger partial charge in [0.05, 0.1) is 10.5 Å². The zero-order valence-electron chi connectivity index (χ0n) is 17.4. The molecule has 1 N–H and O–H groups in total. The molecule has 1 atom stereocenters. The molecule has 0 bridgehead atoms. The van der Waals surface area contributed by atoms with Crippen molar-refractivity contribution in [1.82, 2.24) is 15.3 Å². The molecule has 154 valence electrons. The van der Waals surface area contributed by atoms with E-state index < -0.39 is 0 Å². The van der Waals surface area contributed by atoms with E-state index in [4.69, 9.17) is 28.2 Å². The van der Waals surface area contributed by atoms with E-state index in [1.165, 1.54) is 0 Å². The number of amides is 1. The summed E-state index contributed by atoms with van der Waals surface area (Å²) >= 11 is 12.7. The molecular formula is C21H30Cl2N4O. The van der Waals surface area contributed by atoms with Crippen LogP contribution in [-0.2, 0) is 11.2 Å². The quantitative estimate of drug-likeness (QED) is 0.595. The minimum Gasteiger partial charge on any atom is -0.355 e. The second kappa shape index (κ2) is 10.3. The van der Waals surface area contributed by atoms with E-state index in [1.54, 1.807) is 6.07 Å². The van der Waals surface area contributed by atoms with E-state index >= 15 is 0 Å². The van der Waals surface area contributed by atoms with E-state index in [-0.39, 0.29) is 11.9 Å². The van der Waals surface area contributed by atoms with E-state index in [1.807, 2.05) is 19.9 Å². The number of carbonyl (C=O) groups excluding carboxylic acids is 1. The maximum absolute atomic E-state index is 12.3. The molecule has 2 aromatic rings. The highest BCUT2D eigenvalue weighted by atomic mass is 35.5. The molecule has 0 unspecified atom stereocenters. The molecule has 1 aromatic carbocycles. The number of fused-ring (bicyclic) bond motifs is 1. The van der Waals surface area contributed by atoms with Gasteiger partial charge in [-0.25, -0.2) is 9.97 Å². The van der Waals surface area contributed by atoms with Gasteiger partial charge >= 0.3 is 0 Å². The van der Waals surface area contributed by atoms with Gasteiger partial charge in [-0.05, 0) is 31.4 Å². The molecule has 0 spiro atoms. The molecule has 0 aliphatic heterocycles. The molecule has 7 heteroatoms. The van der Waals surface area contributed by atoms with Crippen LogP contribution < -0.4 is 10.2 Å². The smallest absolute Gasteiger partial charge is 0.221 e. The van der Waals surface area contributed by atoms with Crippen LogP contribution in [0.4, 0.5) is 5.82 Å². The first-order valence-corrected chi connectivity index (χ1v) is 10.7. The molecule has 2 rings (SSSR count). The lowest BCUT2D eigenvalue weighted by Gasteiger charge is -2.27. The number of halogens is 2. The van der Waals surface area contributed by atoms with Crippen LogP contribution in [0.1, 0.15) is 53.3 Å². The van der Waals surface area contributed by atoms with Gasteiger partial charge in [-0.15, -0.1) is 0 Å². The molecular weight excluding hydrogens is 395 g/mol. The number of benzene rings is 1. The lowest BCUT2D eigenvalue weighted by atomic mass is 10.1. The first-order chi connectivity index (χ1) is 13.2. The predicted octanol–water partition coefficient (Wildman–Crippen LogP) is 5.27. The summed E-state index contributed by atoms with van der Waals surface area (Å²) in [5, 5.41) is 4.90. The summed E-state index contributed by atoms with van der Waals surface area (Å²) in [4.78, 5) is 23.8. The molecule has 0 saturated carbocycles. The van der Waals surface area contributed by atoms with Crippen molar-refractivity contribution < 1.29 is 4.79 Å². The van der Waals surface area contributed by atoms with Crippen LogP contribution >= 0.6 is 23.2 Å². The number of rotatable bonds is 9. The molecule has 0 aliphatic rings. The monoisotopic (exact) mass is 424 g/mol. The highest BCUT2D eigenvalue weighted by Crippen LogP contribution is 2.32. The molecule has 0 aliphatic carbocycles. The average Bonchev–Trinajstić information content (AvgIpc) is 2.64. The van der Waals surface area contributed by atoms with Gasteiger partial charge in [-0.1, -0.05) is 50.9 Å². The summed E-state index contributed by atoms with van der Waals surface area (Å²) in [5.74, 6) is 1.97. The van der Waals surface area contributed by atoms with Gasteiger partial charge in [0.2, 0.25) is 5.91 Å². The number of anilines is 1. The number of aromatic nitrogens is 2. The number of nitrogens with zero attached hydrogens (tertiary/aromatic N) is 3. The Morgan fingerprint density at radius 3 is 2.50 bits per heavy atom. The molecule has 28 heavy (non-hydrogen) atoms. The fourth-order valence-electron chi connectivity index (χ4n) is 3.00. The summed E-state index contributed by atoms with van der Waals surface area (Å²) in [5.41, 5.74) is 0.700. The van der Waals surface area contributed by atoms with Gasteiger partial charge in [0.25, 0.3) is 0 Å².